The van der Waals surface area contributed by atoms with Crippen LogP contribution in [0.2, 0.25) is 0 Å². The van der Waals surface area contributed by atoms with Gasteiger partial charge in [0, 0.05) is 17.5 Å². The highest BCUT2D eigenvalue weighted by atomic mass is 16.5. The molecule has 0 heterocycles. The van der Waals surface area contributed by atoms with E-state index in [1.807, 2.05) is 72.8 Å². The van der Waals surface area contributed by atoms with E-state index < -0.39 is 6.04 Å². The first-order valence-electron chi connectivity index (χ1n) is 12.7. The van der Waals surface area contributed by atoms with Gasteiger partial charge >= 0.3 is 0 Å². The largest absolute Gasteiger partial charge is 0.497 e. The van der Waals surface area contributed by atoms with Crippen molar-refractivity contribution in [2.45, 2.75) is 19.4 Å². The predicted molar refractivity (Wildman–Crippen MR) is 159 cm³/mol. The van der Waals surface area contributed by atoms with Crippen molar-refractivity contribution in [3.05, 3.63) is 120 Å². The first-order chi connectivity index (χ1) is 18.9. The maximum atomic E-state index is 13.4. The van der Waals surface area contributed by atoms with Crippen molar-refractivity contribution in [2.75, 3.05) is 28.8 Å². The fourth-order valence-corrected chi connectivity index (χ4v) is 3.95. The van der Waals surface area contributed by atoms with Crippen molar-refractivity contribution in [1.29, 1.82) is 0 Å². The Labute approximate surface area is 228 Å². The summed E-state index contributed by atoms with van der Waals surface area (Å²) in [6.45, 7) is 2.09. The Kier molecular flexibility index (Phi) is 8.98. The molecule has 1 atom stereocenters. The van der Waals surface area contributed by atoms with Crippen LogP contribution in [0.3, 0.4) is 0 Å². The molecule has 4 rings (SSSR count). The number of rotatable bonds is 10. The van der Waals surface area contributed by atoms with Gasteiger partial charge in [-0.1, -0.05) is 55.5 Å². The van der Waals surface area contributed by atoms with Crippen molar-refractivity contribution < 1.29 is 14.3 Å². The number of carbonyl (C=O) groups excluding carboxylic acids is 2. The molecule has 198 valence electrons. The molecule has 2 amide bonds. The lowest BCUT2D eigenvalue weighted by Gasteiger charge is -2.20. The molecule has 4 aromatic carbocycles. The van der Waals surface area contributed by atoms with Crippen LogP contribution in [0.15, 0.2) is 103 Å². The second kappa shape index (κ2) is 13.0. The number of nitrogen functional groups attached to an aromatic ring is 1. The average Bonchev–Trinajstić information content (AvgIpc) is 2.97. The van der Waals surface area contributed by atoms with Crippen LogP contribution >= 0.6 is 0 Å². The first kappa shape index (κ1) is 27.0. The van der Waals surface area contributed by atoms with Gasteiger partial charge in [0.05, 0.1) is 18.5 Å². The Morgan fingerprint density at radius 2 is 1.51 bits per heavy atom. The van der Waals surface area contributed by atoms with Gasteiger partial charge in [0.25, 0.3) is 5.91 Å². The van der Waals surface area contributed by atoms with Crippen LogP contribution in [0.4, 0.5) is 22.7 Å². The molecule has 4 aromatic rings. The predicted octanol–water partition coefficient (Wildman–Crippen LogP) is 6.28. The lowest BCUT2D eigenvalue weighted by atomic mass is 10.0. The second-order valence-corrected chi connectivity index (χ2v) is 8.92. The van der Waals surface area contributed by atoms with Crippen LogP contribution in [-0.2, 0) is 16.0 Å². The van der Waals surface area contributed by atoms with E-state index in [1.54, 1.807) is 37.5 Å². The van der Waals surface area contributed by atoms with Crippen molar-refractivity contribution in [2.24, 2.45) is 0 Å². The summed E-state index contributed by atoms with van der Waals surface area (Å²) in [6.07, 6.45) is 4.08. The number of carbonyl (C=O) groups is 2. The minimum Gasteiger partial charge on any atom is -0.497 e. The molecule has 0 aliphatic rings. The summed E-state index contributed by atoms with van der Waals surface area (Å²) < 4.78 is 5.25. The van der Waals surface area contributed by atoms with E-state index in [0.29, 0.717) is 11.4 Å². The third-order valence-electron chi connectivity index (χ3n) is 6.21. The van der Waals surface area contributed by atoms with Gasteiger partial charge in [-0.05, 0) is 77.7 Å². The molecule has 0 spiro atoms. The number of aryl methyl sites for hydroxylation is 1. The first-order valence-corrected chi connectivity index (χ1v) is 12.7. The number of anilines is 4. The van der Waals surface area contributed by atoms with Gasteiger partial charge < -0.3 is 26.4 Å². The van der Waals surface area contributed by atoms with Crippen LogP contribution in [0.5, 0.6) is 5.75 Å². The minimum absolute atomic E-state index is 0.196. The standard InChI is InChI=1S/C32H32N4O3/c1-3-22-10-15-26(16-11-22)35-32(38)31(34-25-17-19-27(39-2)20-18-25)24-13-8-23(9-14-24)12-21-30(37)36-29-7-5-4-6-28(29)33/h4-21,31,34H,3,33H2,1-2H3,(H,35,38)(H,36,37)/b21-12+. The molecule has 5 N–H and O–H groups in total. The molecule has 1 unspecified atom stereocenters. The number of amides is 2. The fraction of sp³-hybridized carbons (Fsp3) is 0.125. The normalized spacial score (nSPS) is 11.5. The number of para-hydroxylation sites is 2. The Morgan fingerprint density at radius 1 is 0.846 bits per heavy atom. The van der Waals surface area contributed by atoms with E-state index in [1.165, 1.54) is 11.6 Å². The van der Waals surface area contributed by atoms with Crippen LogP contribution < -0.4 is 26.4 Å². The average molecular weight is 521 g/mol. The molecule has 0 aliphatic heterocycles. The fourth-order valence-electron chi connectivity index (χ4n) is 3.95. The lowest BCUT2D eigenvalue weighted by Crippen LogP contribution is -2.27. The van der Waals surface area contributed by atoms with Gasteiger partial charge in [-0.2, -0.15) is 0 Å². The summed E-state index contributed by atoms with van der Waals surface area (Å²) in [4.78, 5) is 25.8. The van der Waals surface area contributed by atoms with Crippen molar-refractivity contribution in [3.63, 3.8) is 0 Å². The van der Waals surface area contributed by atoms with Gasteiger partial charge in [-0.3, -0.25) is 9.59 Å². The summed E-state index contributed by atoms with van der Waals surface area (Å²) in [5, 5.41) is 9.11. The maximum Gasteiger partial charge on any atom is 0.251 e. The van der Waals surface area contributed by atoms with E-state index in [9.17, 15) is 9.59 Å². The van der Waals surface area contributed by atoms with Gasteiger partial charge in [0.2, 0.25) is 5.91 Å². The molecule has 0 fully saturated rings. The number of hydrogen-bond acceptors (Lipinski definition) is 5. The summed E-state index contributed by atoms with van der Waals surface area (Å²) in [5.74, 6) is 0.246. The second-order valence-electron chi connectivity index (χ2n) is 8.92. The van der Waals surface area contributed by atoms with Gasteiger partial charge in [-0.25, -0.2) is 0 Å². The van der Waals surface area contributed by atoms with E-state index in [4.69, 9.17) is 10.5 Å². The monoisotopic (exact) mass is 520 g/mol. The zero-order chi connectivity index (χ0) is 27.6. The van der Waals surface area contributed by atoms with Crippen LogP contribution in [0.25, 0.3) is 6.08 Å². The van der Waals surface area contributed by atoms with Gasteiger partial charge in [0.1, 0.15) is 11.8 Å². The van der Waals surface area contributed by atoms with Crippen LogP contribution in [0.1, 0.15) is 29.7 Å². The number of nitrogens with one attached hydrogen (secondary N) is 3. The molecule has 0 aromatic heterocycles. The van der Waals surface area contributed by atoms with Crippen molar-refractivity contribution >= 4 is 40.6 Å². The molecular formula is C32H32N4O3. The molecular weight excluding hydrogens is 488 g/mol. The molecule has 39 heavy (non-hydrogen) atoms. The summed E-state index contributed by atoms with van der Waals surface area (Å²) in [7, 11) is 1.61. The Hall–Kier alpha value is -5.04. The molecule has 0 bridgehead atoms. The highest BCUT2D eigenvalue weighted by Gasteiger charge is 2.21. The summed E-state index contributed by atoms with van der Waals surface area (Å²) in [6, 6.07) is 29.1. The Morgan fingerprint density at radius 3 is 2.15 bits per heavy atom. The molecule has 0 saturated carbocycles. The molecule has 7 nitrogen and oxygen atoms in total. The summed E-state index contributed by atoms with van der Waals surface area (Å²) >= 11 is 0. The number of ether oxygens (including phenoxy) is 1. The number of nitrogens with two attached hydrogens (primary N) is 1. The van der Waals surface area contributed by atoms with E-state index >= 15 is 0 Å². The van der Waals surface area contributed by atoms with Crippen LogP contribution in [-0.4, -0.2) is 18.9 Å². The summed E-state index contributed by atoms with van der Waals surface area (Å²) in [5.41, 5.74) is 11.2. The van der Waals surface area contributed by atoms with Gasteiger partial charge in [0.15, 0.2) is 0 Å². The number of benzene rings is 4. The number of methoxy groups -OCH3 is 1. The van der Waals surface area contributed by atoms with E-state index in [0.717, 1.165) is 34.7 Å². The maximum absolute atomic E-state index is 13.4. The minimum atomic E-state index is -0.661. The van der Waals surface area contributed by atoms with Crippen LogP contribution in [0, 0.1) is 0 Å². The Bertz CT molecular complexity index is 1430. The van der Waals surface area contributed by atoms with Gasteiger partial charge in [-0.15, -0.1) is 0 Å². The molecule has 7 heteroatoms. The smallest absolute Gasteiger partial charge is 0.251 e. The topological polar surface area (TPSA) is 105 Å². The number of hydrogen-bond donors (Lipinski definition) is 4. The quantitative estimate of drug-likeness (QED) is 0.145. The highest BCUT2D eigenvalue weighted by Crippen LogP contribution is 2.25. The SMILES string of the molecule is CCc1ccc(NC(=O)C(Nc2ccc(OC)cc2)c2ccc(/C=C/C(=O)Nc3ccccc3N)cc2)cc1. The van der Waals surface area contributed by atoms with E-state index in [-0.39, 0.29) is 11.8 Å². The van der Waals surface area contributed by atoms with Crippen molar-refractivity contribution in [3.8, 4) is 5.75 Å². The Balaban J connectivity index is 1.50. The third-order valence-corrected chi connectivity index (χ3v) is 6.21. The molecule has 0 radical (unpaired) electrons. The lowest BCUT2D eigenvalue weighted by molar-refractivity contribution is -0.117. The zero-order valence-corrected chi connectivity index (χ0v) is 22.0. The molecule has 0 aliphatic carbocycles. The molecule has 0 saturated heterocycles. The zero-order valence-electron chi connectivity index (χ0n) is 22.0. The van der Waals surface area contributed by atoms with Crippen molar-refractivity contribution in [1.82, 2.24) is 0 Å². The van der Waals surface area contributed by atoms with E-state index in [2.05, 4.69) is 22.9 Å². The highest BCUT2D eigenvalue weighted by molar-refractivity contribution is 6.03. The third kappa shape index (κ3) is 7.49.